The van der Waals surface area contributed by atoms with E-state index in [2.05, 4.69) is 23.8 Å². The molecule has 1 aromatic heterocycles. The molecular weight excluding hydrogens is 224 g/mol. The molecule has 18 heavy (non-hydrogen) atoms. The summed E-state index contributed by atoms with van der Waals surface area (Å²) in [4.78, 5) is 9.16. The van der Waals surface area contributed by atoms with Gasteiger partial charge in [0.05, 0.1) is 18.5 Å². The molecule has 0 N–H and O–H groups in total. The zero-order chi connectivity index (χ0) is 13.1. The fourth-order valence-electron chi connectivity index (χ4n) is 1.94. The van der Waals surface area contributed by atoms with Crippen LogP contribution in [0.5, 0.6) is 5.75 Å². The molecule has 1 heterocycles. The SMILES string of the molecule is COc1c(C)nc(-c2ccccc2)nc1C(C)C. The number of nitrogens with zero attached hydrogens (tertiary/aromatic N) is 2. The highest BCUT2D eigenvalue weighted by atomic mass is 16.5. The minimum Gasteiger partial charge on any atom is -0.493 e. The lowest BCUT2D eigenvalue weighted by Gasteiger charge is -2.14. The van der Waals surface area contributed by atoms with Gasteiger partial charge in [-0.1, -0.05) is 44.2 Å². The maximum Gasteiger partial charge on any atom is 0.161 e. The average Bonchev–Trinajstić information content (AvgIpc) is 2.38. The fourth-order valence-corrected chi connectivity index (χ4v) is 1.94. The molecule has 0 saturated heterocycles. The van der Waals surface area contributed by atoms with Gasteiger partial charge in [0, 0.05) is 5.56 Å². The number of hydrogen-bond acceptors (Lipinski definition) is 3. The average molecular weight is 242 g/mol. The maximum atomic E-state index is 5.40. The van der Waals surface area contributed by atoms with E-state index in [1.165, 1.54) is 0 Å². The van der Waals surface area contributed by atoms with Crippen LogP contribution in [0, 0.1) is 6.92 Å². The quantitative estimate of drug-likeness (QED) is 0.825. The lowest BCUT2D eigenvalue weighted by atomic mass is 10.1. The second kappa shape index (κ2) is 5.17. The van der Waals surface area contributed by atoms with Crippen LogP contribution in [0.3, 0.4) is 0 Å². The molecule has 0 aliphatic heterocycles. The van der Waals surface area contributed by atoms with E-state index in [0.717, 1.165) is 28.5 Å². The second-order valence-corrected chi connectivity index (χ2v) is 4.57. The zero-order valence-electron chi connectivity index (χ0n) is 11.3. The van der Waals surface area contributed by atoms with Crippen LogP contribution < -0.4 is 4.74 Å². The Kier molecular flexibility index (Phi) is 3.60. The summed E-state index contributed by atoms with van der Waals surface area (Å²) in [5.41, 5.74) is 2.88. The van der Waals surface area contributed by atoms with Gasteiger partial charge in [-0.3, -0.25) is 0 Å². The van der Waals surface area contributed by atoms with Gasteiger partial charge in [-0.25, -0.2) is 9.97 Å². The summed E-state index contributed by atoms with van der Waals surface area (Å²) in [6.45, 7) is 6.18. The summed E-state index contributed by atoms with van der Waals surface area (Å²) in [6, 6.07) is 10.0. The summed E-state index contributed by atoms with van der Waals surface area (Å²) < 4.78 is 5.40. The molecular formula is C15H18N2O. The van der Waals surface area contributed by atoms with Gasteiger partial charge in [-0.15, -0.1) is 0 Å². The van der Waals surface area contributed by atoms with Gasteiger partial charge in [-0.2, -0.15) is 0 Å². The third kappa shape index (κ3) is 2.35. The summed E-state index contributed by atoms with van der Waals surface area (Å²) in [5.74, 6) is 1.87. The maximum absolute atomic E-state index is 5.40. The first-order chi connectivity index (χ1) is 8.63. The molecule has 0 fully saturated rings. The van der Waals surface area contributed by atoms with E-state index < -0.39 is 0 Å². The van der Waals surface area contributed by atoms with E-state index >= 15 is 0 Å². The molecule has 2 aromatic rings. The monoisotopic (exact) mass is 242 g/mol. The van der Waals surface area contributed by atoms with Gasteiger partial charge < -0.3 is 4.74 Å². The summed E-state index contributed by atoms with van der Waals surface area (Å²) in [7, 11) is 1.67. The molecule has 0 aliphatic carbocycles. The number of ether oxygens (including phenoxy) is 1. The molecule has 1 aromatic carbocycles. The van der Waals surface area contributed by atoms with E-state index in [-0.39, 0.29) is 0 Å². The van der Waals surface area contributed by atoms with Crippen molar-refractivity contribution in [2.45, 2.75) is 26.7 Å². The second-order valence-electron chi connectivity index (χ2n) is 4.57. The third-order valence-electron chi connectivity index (χ3n) is 2.84. The van der Waals surface area contributed by atoms with E-state index in [1.54, 1.807) is 7.11 Å². The molecule has 2 rings (SSSR count). The number of rotatable bonds is 3. The van der Waals surface area contributed by atoms with E-state index in [9.17, 15) is 0 Å². The van der Waals surface area contributed by atoms with Gasteiger partial charge in [0.2, 0.25) is 0 Å². The molecule has 94 valence electrons. The van der Waals surface area contributed by atoms with Crippen molar-refractivity contribution in [3.8, 4) is 17.1 Å². The molecule has 3 nitrogen and oxygen atoms in total. The van der Waals surface area contributed by atoms with Crippen molar-refractivity contribution in [2.75, 3.05) is 7.11 Å². The fraction of sp³-hybridized carbons (Fsp3) is 0.333. The Hall–Kier alpha value is -1.90. The Labute approximate surface area is 108 Å². The van der Waals surface area contributed by atoms with Crippen molar-refractivity contribution in [3.05, 3.63) is 41.7 Å². The predicted molar refractivity (Wildman–Crippen MR) is 72.8 cm³/mol. The Bertz CT molecular complexity index is 536. The van der Waals surface area contributed by atoms with E-state index in [4.69, 9.17) is 4.74 Å². The van der Waals surface area contributed by atoms with Crippen LogP contribution >= 0.6 is 0 Å². The van der Waals surface area contributed by atoms with Gasteiger partial charge >= 0.3 is 0 Å². The number of hydrogen-bond donors (Lipinski definition) is 0. The van der Waals surface area contributed by atoms with Crippen molar-refractivity contribution in [3.63, 3.8) is 0 Å². The lowest BCUT2D eigenvalue weighted by molar-refractivity contribution is 0.398. The Morgan fingerprint density at radius 2 is 1.72 bits per heavy atom. The highest BCUT2D eigenvalue weighted by molar-refractivity contribution is 5.56. The first kappa shape index (κ1) is 12.6. The summed E-state index contributed by atoms with van der Waals surface area (Å²) >= 11 is 0. The van der Waals surface area contributed by atoms with Gasteiger partial charge in [0.15, 0.2) is 11.6 Å². The van der Waals surface area contributed by atoms with Crippen LogP contribution in [0.25, 0.3) is 11.4 Å². The first-order valence-electron chi connectivity index (χ1n) is 6.11. The molecule has 0 aliphatic rings. The third-order valence-corrected chi connectivity index (χ3v) is 2.84. The molecule has 0 bridgehead atoms. The minimum absolute atomic E-state index is 0.309. The minimum atomic E-state index is 0.309. The number of aromatic nitrogens is 2. The van der Waals surface area contributed by atoms with Crippen molar-refractivity contribution < 1.29 is 4.74 Å². The number of methoxy groups -OCH3 is 1. The number of benzene rings is 1. The van der Waals surface area contributed by atoms with E-state index in [1.807, 2.05) is 37.3 Å². The van der Waals surface area contributed by atoms with Crippen molar-refractivity contribution in [1.29, 1.82) is 0 Å². The van der Waals surface area contributed by atoms with Crippen LogP contribution in [0.1, 0.15) is 31.2 Å². The van der Waals surface area contributed by atoms with Crippen LogP contribution in [0.4, 0.5) is 0 Å². The molecule has 0 unspecified atom stereocenters. The van der Waals surface area contributed by atoms with Crippen LogP contribution in [-0.2, 0) is 0 Å². The Balaban J connectivity index is 2.58. The van der Waals surface area contributed by atoms with Gasteiger partial charge in [0.25, 0.3) is 0 Å². The smallest absolute Gasteiger partial charge is 0.161 e. The number of aryl methyl sites for hydroxylation is 1. The van der Waals surface area contributed by atoms with Crippen LogP contribution in [0.2, 0.25) is 0 Å². The van der Waals surface area contributed by atoms with Crippen molar-refractivity contribution in [1.82, 2.24) is 9.97 Å². The molecule has 0 radical (unpaired) electrons. The predicted octanol–water partition coefficient (Wildman–Crippen LogP) is 3.58. The highest BCUT2D eigenvalue weighted by Gasteiger charge is 2.15. The molecule has 0 amide bonds. The first-order valence-corrected chi connectivity index (χ1v) is 6.11. The van der Waals surface area contributed by atoms with Crippen LogP contribution in [-0.4, -0.2) is 17.1 Å². The zero-order valence-corrected chi connectivity index (χ0v) is 11.3. The molecule has 3 heteroatoms. The van der Waals surface area contributed by atoms with Crippen molar-refractivity contribution >= 4 is 0 Å². The highest BCUT2D eigenvalue weighted by Crippen LogP contribution is 2.29. The van der Waals surface area contributed by atoms with Crippen LogP contribution in [0.15, 0.2) is 30.3 Å². The molecule has 0 spiro atoms. The van der Waals surface area contributed by atoms with Crippen molar-refractivity contribution in [2.24, 2.45) is 0 Å². The largest absolute Gasteiger partial charge is 0.493 e. The topological polar surface area (TPSA) is 35.0 Å². The summed E-state index contributed by atoms with van der Waals surface area (Å²) in [5, 5.41) is 0. The van der Waals surface area contributed by atoms with Gasteiger partial charge in [0.1, 0.15) is 0 Å². The summed E-state index contributed by atoms with van der Waals surface area (Å²) in [6.07, 6.45) is 0. The molecule has 0 atom stereocenters. The lowest BCUT2D eigenvalue weighted by Crippen LogP contribution is -2.04. The van der Waals surface area contributed by atoms with E-state index in [0.29, 0.717) is 5.92 Å². The Morgan fingerprint density at radius 3 is 2.28 bits per heavy atom. The normalized spacial score (nSPS) is 10.7. The Morgan fingerprint density at radius 1 is 1.06 bits per heavy atom. The van der Waals surface area contributed by atoms with Gasteiger partial charge in [-0.05, 0) is 12.8 Å². The standard InChI is InChI=1S/C15H18N2O/c1-10(2)13-14(18-4)11(3)16-15(17-13)12-8-6-5-7-9-12/h5-10H,1-4H3. The molecule has 0 saturated carbocycles.